The molecule has 0 amide bonds. The highest BCUT2D eigenvalue weighted by molar-refractivity contribution is 5.88. The van der Waals surface area contributed by atoms with Gasteiger partial charge >= 0.3 is 5.97 Å². The standard InChI is InChI=1S/C7H10O3/c1-4-3-10-5(2)6(4)7(8)9/h4H,3H2,1-2H3,(H,8,9)/t4-/m0/s1. The molecule has 0 aromatic carbocycles. The predicted octanol–water partition coefficient (Wildman–Crippen LogP) is 1.01. The van der Waals surface area contributed by atoms with Gasteiger partial charge in [-0.05, 0) is 6.92 Å². The van der Waals surface area contributed by atoms with Crippen molar-refractivity contribution in [2.45, 2.75) is 13.8 Å². The Morgan fingerprint density at radius 2 is 2.40 bits per heavy atom. The number of hydrogen-bond donors (Lipinski definition) is 1. The number of carboxylic acid groups (broad SMARTS) is 1. The summed E-state index contributed by atoms with van der Waals surface area (Å²) in [5.74, 6) is -0.264. The fourth-order valence-corrected chi connectivity index (χ4v) is 1.12. The molecular formula is C7H10O3. The van der Waals surface area contributed by atoms with E-state index in [4.69, 9.17) is 9.84 Å². The van der Waals surface area contributed by atoms with E-state index in [0.29, 0.717) is 17.9 Å². The van der Waals surface area contributed by atoms with Crippen LogP contribution in [0.15, 0.2) is 11.3 Å². The van der Waals surface area contributed by atoms with E-state index in [1.165, 1.54) is 0 Å². The Labute approximate surface area is 59.3 Å². The molecule has 1 heterocycles. The van der Waals surface area contributed by atoms with E-state index in [1.807, 2.05) is 6.92 Å². The largest absolute Gasteiger partial charge is 0.497 e. The molecule has 0 aromatic heterocycles. The summed E-state index contributed by atoms with van der Waals surface area (Å²) in [5, 5.41) is 8.62. The van der Waals surface area contributed by atoms with Gasteiger partial charge in [0.15, 0.2) is 0 Å². The normalized spacial score (nSPS) is 24.8. The van der Waals surface area contributed by atoms with Crippen LogP contribution in [-0.2, 0) is 9.53 Å². The fraction of sp³-hybridized carbons (Fsp3) is 0.571. The van der Waals surface area contributed by atoms with Crippen molar-refractivity contribution in [2.24, 2.45) is 5.92 Å². The first-order valence-corrected chi connectivity index (χ1v) is 3.19. The first-order chi connectivity index (χ1) is 4.63. The molecule has 0 saturated carbocycles. The molecule has 0 bridgehead atoms. The van der Waals surface area contributed by atoms with Crippen molar-refractivity contribution >= 4 is 5.97 Å². The summed E-state index contributed by atoms with van der Waals surface area (Å²) in [5.41, 5.74) is 0.417. The molecule has 3 heteroatoms. The minimum Gasteiger partial charge on any atom is -0.497 e. The molecule has 3 nitrogen and oxygen atoms in total. The van der Waals surface area contributed by atoms with E-state index in [1.54, 1.807) is 6.92 Å². The first-order valence-electron chi connectivity index (χ1n) is 3.19. The van der Waals surface area contributed by atoms with Gasteiger partial charge < -0.3 is 9.84 Å². The van der Waals surface area contributed by atoms with Gasteiger partial charge in [0.2, 0.25) is 0 Å². The van der Waals surface area contributed by atoms with Crippen LogP contribution < -0.4 is 0 Å². The summed E-state index contributed by atoms with van der Waals surface area (Å²) in [6.45, 7) is 4.04. The first kappa shape index (κ1) is 7.12. The van der Waals surface area contributed by atoms with E-state index in [0.717, 1.165) is 0 Å². The minimum atomic E-state index is -0.859. The fourth-order valence-electron chi connectivity index (χ4n) is 1.12. The van der Waals surface area contributed by atoms with E-state index in [9.17, 15) is 4.79 Å². The summed E-state index contributed by atoms with van der Waals surface area (Å²) in [4.78, 5) is 10.5. The minimum absolute atomic E-state index is 0.0394. The van der Waals surface area contributed by atoms with Gasteiger partial charge in [0.1, 0.15) is 5.76 Å². The lowest BCUT2D eigenvalue weighted by atomic mass is 10.0. The number of carboxylic acids is 1. The molecule has 1 N–H and O–H groups in total. The Balaban J connectivity index is 2.88. The van der Waals surface area contributed by atoms with Crippen LogP contribution in [0.25, 0.3) is 0 Å². The maximum atomic E-state index is 10.5. The van der Waals surface area contributed by atoms with Crippen LogP contribution in [-0.4, -0.2) is 17.7 Å². The van der Waals surface area contributed by atoms with Crippen LogP contribution in [0.5, 0.6) is 0 Å². The number of rotatable bonds is 1. The number of aliphatic carboxylic acids is 1. The van der Waals surface area contributed by atoms with Crippen molar-refractivity contribution in [2.75, 3.05) is 6.61 Å². The Bertz CT molecular complexity index is 193. The van der Waals surface area contributed by atoms with Gasteiger partial charge in [0.25, 0.3) is 0 Å². The lowest BCUT2D eigenvalue weighted by Gasteiger charge is -1.98. The molecule has 0 unspecified atom stereocenters. The van der Waals surface area contributed by atoms with Gasteiger partial charge in [-0.25, -0.2) is 4.79 Å². The maximum absolute atomic E-state index is 10.5. The third kappa shape index (κ3) is 0.988. The summed E-state index contributed by atoms with van der Waals surface area (Å²) in [6.07, 6.45) is 0. The third-order valence-electron chi connectivity index (χ3n) is 1.65. The SMILES string of the molecule is CC1=C(C(=O)O)[C@@H](C)CO1. The third-order valence-corrected chi connectivity index (χ3v) is 1.65. The van der Waals surface area contributed by atoms with Gasteiger partial charge in [0, 0.05) is 5.92 Å². The van der Waals surface area contributed by atoms with Crippen molar-refractivity contribution < 1.29 is 14.6 Å². The lowest BCUT2D eigenvalue weighted by molar-refractivity contribution is -0.133. The smallest absolute Gasteiger partial charge is 0.335 e. The highest BCUT2D eigenvalue weighted by Gasteiger charge is 2.26. The lowest BCUT2D eigenvalue weighted by Crippen LogP contribution is -2.08. The van der Waals surface area contributed by atoms with Crippen LogP contribution in [0.3, 0.4) is 0 Å². The molecule has 10 heavy (non-hydrogen) atoms. The summed E-state index contributed by atoms with van der Waals surface area (Å²) in [7, 11) is 0. The van der Waals surface area contributed by atoms with Crippen LogP contribution in [0.4, 0.5) is 0 Å². The van der Waals surface area contributed by atoms with Gasteiger partial charge in [-0.2, -0.15) is 0 Å². The molecule has 1 rings (SSSR count). The molecule has 0 radical (unpaired) electrons. The molecule has 0 fully saturated rings. The van der Waals surface area contributed by atoms with Gasteiger partial charge in [-0.15, -0.1) is 0 Å². The summed E-state index contributed by atoms with van der Waals surface area (Å²) >= 11 is 0. The Kier molecular flexibility index (Phi) is 1.66. The van der Waals surface area contributed by atoms with Crippen molar-refractivity contribution in [3.63, 3.8) is 0 Å². The Morgan fingerprint density at radius 1 is 1.80 bits per heavy atom. The summed E-state index contributed by atoms with van der Waals surface area (Å²) < 4.78 is 5.04. The molecule has 0 spiro atoms. The van der Waals surface area contributed by atoms with Crippen molar-refractivity contribution in [1.82, 2.24) is 0 Å². The Morgan fingerprint density at radius 3 is 2.60 bits per heavy atom. The van der Waals surface area contributed by atoms with Crippen molar-refractivity contribution in [3.05, 3.63) is 11.3 Å². The number of carbonyl (C=O) groups is 1. The van der Waals surface area contributed by atoms with E-state index >= 15 is 0 Å². The second-order valence-corrected chi connectivity index (χ2v) is 2.49. The molecule has 1 aliphatic rings. The monoisotopic (exact) mass is 142 g/mol. The molecular weight excluding hydrogens is 132 g/mol. The predicted molar refractivity (Wildman–Crippen MR) is 35.5 cm³/mol. The zero-order valence-electron chi connectivity index (χ0n) is 6.05. The van der Waals surface area contributed by atoms with Crippen LogP contribution in [0, 0.1) is 5.92 Å². The van der Waals surface area contributed by atoms with Crippen LogP contribution in [0.1, 0.15) is 13.8 Å². The maximum Gasteiger partial charge on any atom is 0.335 e. The molecule has 1 aliphatic heterocycles. The van der Waals surface area contributed by atoms with Gasteiger partial charge in [-0.1, -0.05) is 6.92 Å². The second-order valence-electron chi connectivity index (χ2n) is 2.49. The van der Waals surface area contributed by atoms with E-state index < -0.39 is 5.97 Å². The molecule has 56 valence electrons. The summed E-state index contributed by atoms with van der Waals surface area (Å²) in [6, 6.07) is 0. The van der Waals surface area contributed by atoms with E-state index in [2.05, 4.69) is 0 Å². The number of hydrogen-bond acceptors (Lipinski definition) is 2. The molecule has 1 atom stereocenters. The highest BCUT2D eigenvalue weighted by Crippen LogP contribution is 2.24. The van der Waals surface area contributed by atoms with Crippen LogP contribution >= 0.6 is 0 Å². The van der Waals surface area contributed by atoms with E-state index in [-0.39, 0.29) is 5.92 Å². The zero-order valence-corrected chi connectivity index (χ0v) is 6.05. The molecule has 0 aromatic rings. The molecule has 0 aliphatic carbocycles. The average molecular weight is 142 g/mol. The highest BCUT2D eigenvalue weighted by atomic mass is 16.5. The van der Waals surface area contributed by atoms with Gasteiger partial charge in [0.05, 0.1) is 12.2 Å². The average Bonchev–Trinajstić information content (AvgIpc) is 2.11. The molecule has 0 saturated heterocycles. The number of ether oxygens (including phenoxy) is 1. The van der Waals surface area contributed by atoms with Gasteiger partial charge in [-0.3, -0.25) is 0 Å². The van der Waals surface area contributed by atoms with Crippen molar-refractivity contribution in [3.8, 4) is 0 Å². The quantitative estimate of drug-likeness (QED) is 0.594. The zero-order chi connectivity index (χ0) is 7.72. The number of allylic oxidation sites excluding steroid dienone is 1. The van der Waals surface area contributed by atoms with Crippen LogP contribution in [0.2, 0.25) is 0 Å². The Hall–Kier alpha value is -0.990. The second kappa shape index (κ2) is 2.33. The topological polar surface area (TPSA) is 46.5 Å². The van der Waals surface area contributed by atoms with Crippen molar-refractivity contribution in [1.29, 1.82) is 0 Å².